The summed E-state index contributed by atoms with van der Waals surface area (Å²) in [6.45, 7) is 0.647. The van der Waals surface area contributed by atoms with Crippen molar-refractivity contribution in [1.29, 1.82) is 0 Å². The Hall–Kier alpha value is -3.22. The topological polar surface area (TPSA) is 71.1 Å². The van der Waals surface area contributed by atoms with Crippen LogP contribution in [0.4, 0.5) is 10.1 Å². The number of nitrogens with zero attached hydrogens (tertiary/aromatic N) is 3. The molecular weight excluding hydrogens is 347 g/mol. The van der Waals surface area contributed by atoms with Crippen LogP contribution in [0.15, 0.2) is 48.9 Å². The number of aromatic amines is 1. The van der Waals surface area contributed by atoms with Crippen molar-refractivity contribution in [3.63, 3.8) is 0 Å². The summed E-state index contributed by atoms with van der Waals surface area (Å²) in [5.74, 6) is -0.261. The monoisotopic (exact) mass is 366 g/mol. The van der Waals surface area contributed by atoms with Gasteiger partial charge in [0.15, 0.2) is 11.6 Å². The zero-order valence-corrected chi connectivity index (χ0v) is 14.9. The maximum Gasteiger partial charge on any atom is 0.230 e. The highest BCUT2D eigenvalue weighted by Crippen LogP contribution is 2.29. The van der Waals surface area contributed by atoms with Crippen LogP contribution in [-0.2, 0) is 11.2 Å². The fourth-order valence-corrected chi connectivity index (χ4v) is 3.41. The van der Waals surface area contributed by atoms with Crippen molar-refractivity contribution < 1.29 is 13.9 Å². The third kappa shape index (κ3) is 3.40. The molecule has 1 fully saturated rings. The van der Waals surface area contributed by atoms with Gasteiger partial charge in [-0.15, -0.1) is 0 Å². The molecule has 1 aromatic carbocycles. The Morgan fingerprint density at radius 3 is 2.89 bits per heavy atom. The molecular formula is C20H19FN4O2. The van der Waals surface area contributed by atoms with E-state index in [2.05, 4.69) is 15.2 Å². The van der Waals surface area contributed by atoms with Crippen molar-refractivity contribution in [2.75, 3.05) is 18.6 Å². The number of hydrogen-bond acceptors (Lipinski definition) is 4. The van der Waals surface area contributed by atoms with E-state index < -0.39 is 5.82 Å². The number of methoxy groups -OCH3 is 1. The number of ether oxygens (including phenoxy) is 1. The molecule has 1 amide bonds. The second-order valence-corrected chi connectivity index (χ2v) is 6.54. The minimum absolute atomic E-state index is 0.0659. The minimum atomic E-state index is -0.399. The molecule has 6 nitrogen and oxygen atoms in total. The summed E-state index contributed by atoms with van der Waals surface area (Å²) in [5, 5.41) is 6.67. The van der Waals surface area contributed by atoms with Gasteiger partial charge in [0.2, 0.25) is 5.91 Å². The van der Waals surface area contributed by atoms with E-state index >= 15 is 0 Å². The predicted molar refractivity (Wildman–Crippen MR) is 98.9 cm³/mol. The van der Waals surface area contributed by atoms with Gasteiger partial charge in [-0.25, -0.2) is 4.39 Å². The van der Waals surface area contributed by atoms with Gasteiger partial charge in [-0.3, -0.25) is 14.9 Å². The first-order valence-electron chi connectivity index (χ1n) is 8.74. The number of anilines is 1. The molecule has 2 aromatic heterocycles. The average molecular weight is 366 g/mol. The maximum atomic E-state index is 13.6. The molecule has 0 bridgehead atoms. The Labute approximate surface area is 156 Å². The van der Waals surface area contributed by atoms with Crippen molar-refractivity contribution >= 4 is 11.6 Å². The number of halogens is 1. The number of aromatic nitrogens is 3. The van der Waals surface area contributed by atoms with Gasteiger partial charge in [-0.2, -0.15) is 5.10 Å². The number of carbonyl (C=O) groups is 1. The molecule has 3 aromatic rings. The summed E-state index contributed by atoms with van der Waals surface area (Å²) < 4.78 is 18.6. The molecule has 1 atom stereocenters. The number of pyridine rings is 1. The van der Waals surface area contributed by atoms with Crippen LogP contribution in [0.3, 0.4) is 0 Å². The van der Waals surface area contributed by atoms with E-state index in [4.69, 9.17) is 4.74 Å². The number of amides is 1. The highest BCUT2D eigenvalue weighted by atomic mass is 19.1. The first-order valence-corrected chi connectivity index (χ1v) is 8.74. The van der Waals surface area contributed by atoms with Crippen LogP contribution in [0.25, 0.3) is 11.3 Å². The Morgan fingerprint density at radius 1 is 1.30 bits per heavy atom. The quantitative estimate of drug-likeness (QED) is 0.753. The number of nitrogens with one attached hydrogen (secondary N) is 1. The van der Waals surface area contributed by atoms with Crippen molar-refractivity contribution in [2.45, 2.75) is 12.8 Å². The van der Waals surface area contributed by atoms with E-state index in [0.717, 1.165) is 28.9 Å². The van der Waals surface area contributed by atoms with Crippen LogP contribution in [-0.4, -0.2) is 34.7 Å². The third-order valence-electron chi connectivity index (χ3n) is 4.87. The van der Waals surface area contributed by atoms with E-state index in [9.17, 15) is 9.18 Å². The van der Waals surface area contributed by atoms with Gasteiger partial charge in [-0.1, -0.05) is 6.07 Å². The molecule has 138 valence electrons. The van der Waals surface area contributed by atoms with Crippen LogP contribution in [0.1, 0.15) is 12.0 Å². The molecule has 1 aliphatic rings. The largest absolute Gasteiger partial charge is 0.494 e. The first kappa shape index (κ1) is 17.2. The van der Waals surface area contributed by atoms with Gasteiger partial charge in [0.05, 0.1) is 30.9 Å². The summed E-state index contributed by atoms with van der Waals surface area (Å²) in [7, 11) is 1.44. The molecule has 0 radical (unpaired) electrons. The maximum absolute atomic E-state index is 13.6. The molecule has 1 N–H and O–H groups in total. The van der Waals surface area contributed by atoms with E-state index in [1.807, 2.05) is 12.1 Å². The lowest BCUT2D eigenvalue weighted by atomic mass is 9.98. The van der Waals surface area contributed by atoms with Gasteiger partial charge < -0.3 is 9.64 Å². The molecule has 3 heterocycles. The summed E-state index contributed by atoms with van der Waals surface area (Å²) in [4.78, 5) is 19.0. The van der Waals surface area contributed by atoms with Crippen LogP contribution >= 0.6 is 0 Å². The van der Waals surface area contributed by atoms with Gasteiger partial charge in [0.25, 0.3) is 0 Å². The fourth-order valence-electron chi connectivity index (χ4n) is 3.41. The van der Waals surface area contributed by atoms with E-state index in [0.29, 0.717) is 13.0 Å². The Balaban J connectivity index is 1.47. The summed E-state index contributed by atoms with van der Waals surface area (Å²) in [5.41, 5.74) is 3.37. The lowest BCUT2D eigenvalue weighted by Crippen LogP contribution is -2.27. The number of benzene rings is 1. The Kier molecular flexibility index (Phi) is 4.58. The first-order chi connectivity index (χ1) is 13.2. The average Bonchev–Trinajstić information content (AvgIpc) is 3.34. The molecule has 0 spiro atoms. The molecule has 4 rings (SSSR count). The van der Waals surface area contributed by atoms with Crippen molar-refractivity contribution in [2.24, 2.45) is 5.92 Å². The highest BCUT2D eigenvalue weighted by molar-refractivity contribution is 5.97. The SMILES string of the molecule is COc1cc(CC2CCN(c3ccc(-c4cn[nH]c4)nc3)C2=O)ccc1F. The molecule has 0 aliphatic carbocycles. The van der Waals surface area contributed by atoms with Gasteiger partial charge >= 0.3 is 0 Å². The Morgan fingerprint density at radius 2 is 2.19 bits per heavy atom. The van der Waals surface area contributed by atoms with Crippen LogP contribution in [0.5, 0.6) is 5.75 Å². The van der Waals surface area contributed by atoms with Crippen LogP contribution < -0.4 is 9.64 Å². The van der Waals surface area contributed by atoms with Crippen molar-refractivity contribution in [3.8, 4) is 17.0 Å². The smallest absolute Gasteiger partial charge is 0.230 e. The lowest BCUT2D eigenvalue weighted by Gasteiger charge is -2.17. The number of rotatable bonds is 5. The lowest BCUT2D eigenvalue weighted by molar-refractivity contribution is -0.120. The van der Waals surface area contributed by atoms with Gasteiger partial charge in [0, 0.05) is 24.2 Å². The summed E-state index contributed by atoms with van der Waals surface area (Å²) >= 11 is 0. The van der Waals surface area contributed by atoms with Gasteiger partial charge in [0.1, 0.15) is 0 Å². The number of H-pyrrole nitrogens is 1. The predicted octanol–water partition coefficient (Wildman–Crippen LogP) is 3.22. The fraction of sp³-hybridized carbons (Fsp3) is 0.250. The van der Waals surface area contributed by atoms with E-state index in [1.54, 1.807) is 35.6 Å². The van der Waals surface area contributed by atoms with E-state index in [-0.39, 0.29) is 17.6 Å². The molecule has 1 aliphatic heterocycles. The Bertz CT molecular complexity index is 941. The zero-order valence-electron chi connectivity index (χ0n) is 14.9. The van der Waals surface area contributed by atoms with E-state index in [1.165, 1.54) is 13.2 Å². The van der Waals surface area contributed by atoms with Crippen molar-refractivity contribution in [1.82, 2.24) is 15.2 Å². The van der Waals surface area contributed by atoms with Crippen LogP contribution in [0.2, 0.25) is 0 Å². The van der Waals surface area contributed by atoms with Gasteiger partial charge in [-0.05, 0) is 42.7 Å². The molecule has 0 saturated carbocycles. The third-order valence-corrected chi connectivity index (χ3v) is 4.87. The molecule has 1 unspecified atom stereocenters. The zero-order chi connectivity index (χ0) is 18.8. The number of carbonyl (C=O) groups excluding carboxylic acids is 1. The second-order valence-electron chi connectivity index (χ2n) is 6.54. The normalized spacial score (nSPS) is 16.7. The van der Waals surface area contributed by atoms with Crippen LogP contribution in [0, 0.1) is 11.7 Å². The number of hydrogen-bond donors (Lipinski definition) is 1. The molecule has 27 heavy (non-hydrogen) atoms. The molecule has 1 saturated heterocycles. The highest BCUT2D eigenvalue weighted by Gasteiger charge is 2.32. The summed E-state index contributed by atoms with van der Waals surface area (Å²) in [6.07, 6.45) is 6.50. The minimum Gasteiger partial charge on any atom is -0.494 e. The standard InChI is InChI=1S/C20H19FN4O2/c1-27-19-9-13(2-4-17(19)21)8-14-6-7-25(20(14)26)16-3-5-18(22-12-16)15-10-23-24-11-15/h2-5,9-12,14H,6-8H2,1H3,(H,23,24). The molecule has 7 heteroatoms. The second kappa shape index (κ2) is 7.19. The van der Waals surface area contributed by atoms with Crippen molar-refractivity contribution in [3.05, 3.63) is 60.3 Å². The summed E-state index contributed by atoms with van der Waals surface area (Å²) in [6, 6.07) is 8.52.